The quantitative estimate of drug-likeness (QED) is 0.643. The summed E-state index contributed by atoms with van der Waals surface area (Å²) in [6, 6.07) is 6.21. The summed E-state index contributed by atoms with van der Waals surface area (Å²) in [5, 5.41) is 14.7. The molecule has 1 fully saturated rings. The predicted octanol–water partition coefficient (Wildman–Crippen LogP) is 2.28. The number of fused-ring (bicyclic) bond motifs is 1. The summed E-state index contributed by atoms with van der Waals surface area (Å²) in [5.41, 5.74) is -0.0277. The lowest BCUT2D eigenvalue weighted by atomic mass is 10.1. The number of rotatable bonds is 6. The van der Waals surface area contributed by atoms with E-state index in [1.165, 1.54) is 12.3 Å². The molecule has 1 saturated heterocycles. The summed E-state index contributed by atoms with van der Waals surface area (Å²) in [6.45, 7) is 0.994. The van der Waals surface area contributed by atoms with Crippen LogP contribution in [0.3, 0.4) is 0 Å². The number of anilines is 1. The van der Waals surface area contributed by atoms with Crippen molar-refractivity contribution >= 4 is 28.2 Å². The average molecular weight is 331 g/mol. The minimum absolute atomic E-state index is 0.0277. The second kappa shape index (κ2) is 7.33. The molecule has 8 heteroatoms. The fourth-order valence-corrected chi connectivity index (χ4v) is 2.68. The molecule has 0 bridgehead atoms. The van der Waals surface area contributed by atoms with Crippen LogP contribution in [0, 0.1) is 10.1 Å². The van der Waals surface area contributed by atoms with Crippen molar-refractivity contribution in [3.05, 3.63) is 40.6 Å². The van der Waals surface area contributed by atoms with Gasteiger partial charge in [0.15, 0.2) is 0 Å². The number of carbonyl (C=O) groups is 1. The normalized spacial score (nSPS) is 17.1. The molecule has 1 N–H and O–H groups in total. The molecule has 0 saturated carbocycles. The van der Waals surface area contributed by atoms with Gasteiger partial charge in [-0.1, -0.05) is 12.1 Å². The van der Waals surface area contributed by atoms with Crippen LogP contribution in [0.2, 0.25) is 0 Å². The van der Waals surface area contributed by atoms with E-state index in [0.717, 1.165) is 19.4 Å². The number of hydrogen-bond donors (Lipinski definition) is 1. The first-order valence-electron chi connectivity index (χ1n) is 7.66. The number of amides is 1. The SMILES string of the molecule is O=C(COCC1CCCO1)Nc1nccc2c([N+](=O)[O-])cccc12. The average Bonchev–Trinajstić information content (AvgIpc) is 3.08. The van der Waals surface area contributed by atoms with E-state index >= 15 is 0 Å². The van der Waals surface area contributed by atoms with E-state index in [1.807, 2.05) is 0 Å². The molecule has 1 amide bonds. The zero-order valence-corrected chi connectivity index (χ0v) is 12.9. The largest absolute Gasteiger partial charge is 0.376 e. The molecule has 3 rings (SSSR count). The topological polar surface area (TPSA) is 104 Å². The van der Waals surface area contributed by atoms with Gasteiger partial charge in [-0.3, -0.25) is 14.9 Å². The number of ether oxygens (including phenoxy) is 2. The minimum Gasteiger partial charge on any atom is -0.376 e. The van der Waals surface area contributed by atoms with Crippen molar-refractivity contribution in [2.45, 2.75) is 18.9 Å². The van der Waals surface area contributed by atoms with Crippen LogP contribution in [-0.4, -0.2) is 41.7 Å². The molecule has 126 valence electrons. The molecule has 1 aromatic heterocycles. The highest BCUT2D eigenvalue weighted by Crippen LogP contribution is 2.28. The van der Waals surface area contributed by atoms with E-state index in [2.05, 4.69) is 10.3 Å². The highest BCUT2D eigenvalue weighted by atomic mass is 16.6. The molecule has 0 spiro atoms. The molecule has 1 atom stereocenters. The Bertz CT molecular complexity index is 758. The molecule has 1 aromatic carbocycles. The molecule has 2 aromatic rings. The van der Waals surface area contributed by atoms with Crippen molar-refractivity contribution in [1.82, 2.24) is 4.98 Å². The Kier molecular flexibility index (Phi) is 4.97. The fourth-order valence-electron chi connectivity index (χ4n) is 2.68. The third kappa shape index (κ3) is 3.66. The van der Waals surface area contributed by atoms with Gasteiger partial charge in [-0.05, 0) is 18.9 Å². The van der Waals surface area contributed by atoms with Gasteiger partial charge in [-0.2, -0.15) is 0 Å². The number of non-ortho nitro benzene ring substituents is 1. The van der Waals surface area contributed by atoms with Crippen LogP contribution in [0.15, 0.2) is 30.5 Å². The van der Waals surface area contributed by atoms with E-state index in [0.29, 0.717) is 17.4 Å². The lowest BCUT2D eigenvalue weighted by Crippen LogP contribution is -2.23. The van der Waals surface area contributed by atoms with Crippen molar-refractivity contribution < 1.29 is 19.2 Å². The molecule has 0 radical (unpaired) electrons. The number of nitrogens with zero attached hydrogens (tertiary/aromatic N) is 2. The van der Waals surface area contributed by atoms with E-state index in [4.69, 9.17) is 9.47 Å². The van der Waals surface area contributed by atoms with Gasteiger partial charge in [-0.15, -0.1) is 0 Å². The van der Waals surface area contributed by atoms with Crippen molar-refractivity contribution in [3.63, 3.8) is 0 Å². The van der Waals surface area contributed by atoms with Crippen molar-refractivity contribution in [1.29, 1.82) is 0 Å². The van der Waals surface area contributed by atoms with Crippen LogP contribution < -0.4 is 5.32 Å². The first kappa shape index (κ1) is 16.3. The summed E-state index contributed by atoms with van der Waals surface area (Å²) in [7, 11) is 0. The molecule has 0 aliphatic carbocycles. The Morgan fingerprint density at radius 1 is 1.42 bits per heavy atom. The molecule has 1 aliphatic rings. The van der Waals surface area contributed by atoms with Gasteiger partial charge in [0.1, 0.15) is 12.4 Å². The van der Waals surface area contributed by atoms with Crippen LogP contribution in [-0.2, 0) is 14.3 Å². The second-order valence-electron chi connectivity index (χ2n) is 5.49. The van der Waals surface area contributed by atoms with Crippen molar-refractivity contribution in [3.8, 4) is 0 Å². The standard InChI is InChI=1S/C16H17N3O5/c20-15(10-23-9-11-3-2-8-24-11)18-16-13-4-1-5-14(19(21)22)12(13)6-7-17-16/h1,4-7,11H,2-3,8-10H2,(H,17,18,20). The lowest BCUT2D eigenvalue weighted by Gasteiger charge is -2.11. The zero-order valence-electron chi connectivity index (χ0n) is 12.9. The number of nitro groups is 1. The van der Waals surface area contributed by atoms with Gasteiger partial charge in [0.25, 0.3) is 11.6 Å². The van der Waals surface area contributed by atoms with E-state index < -0.39 is 4.92 Å². The number of nitrogens with one attached hydrogen (secondary N) is 1. The van der Waals surface area contributed by atoms with Gasteiger partial charge in [0.2, 0.25) is 0 Å². The van der Waals surface area contributed by atoms with Crippen LogP contribution in [0.5, 0.6) is 0 Å². The van der Waals surface area contributed by atoms with Gasteiger partial charge in [-0.25, -0.2) is 4.98 Å². The molecule has 2 heterocycles. The third-order valence-electron chi connectivity index (χ3n) is 3.80. The van der Waals surface area contributed by atoms with Gasteiger partial charge < -0.3 is 14.8 Å². The third-order valence-corrected chi connectivity index (χ3v) is 3.80. The van der Waals surface area contributed by atoms with E-state index in [-0.39, 0.29) is 30.1 Å². The molecular weight excluding hydrogens is 314 g/mol. The molecule has 1 unspecified atom stereocenters. The van der Waals surface area contributed by atoms with Gasteiger partial charge in [0, 0.05) is 24.3 Å². The Hall–Kier alpha value is -2.58. The molecular formula is C16H17N3O5. The van der Waals surface area contributed by atoms with Gasteiger partial charge in [0.05, 0.1) is 23.0 Å². The fraction of sp³-hybridized carbons (Fsp3) is 0.375. The predicted molar refractivity (Wildman–Crippen MR) is 86.8 cm³/mol. The van der Waals surface area contributed by atoms with Crippen LogP contribution in [0.25, 0.3) is 10.8 Å². The first-order chi connectivity index (χ1) is 11.6. The maximum absolute atomic E-state index is 12.0. The molecule has 1 aliphatic heterocycles. The Morgan fingerprint density at radius 3 is 3.04 bits per heavy atom. The number of carbonyl (C=O) groups excluding carboxylic acids is 1. The van der Waals surface area contributed by atoms with Crippen molar-refractivity contribution in [2.75, 3.05) is 25.1 Å². The number of aromatic nitrogens is 1. The number of pyridine rings is 1. The summed E-state index contributed by atoms with van der Waals surface area (Å²) in [4.78, 5) is 26.7. The maximum Gasteiger partial charge on any atom is 0.277 e. The highest BCUT2D eigenvalue weighted by Gasteiger charge is 2.17. The molecule has 8 nitrogen and oxygen atoms in total. The minimum atomic E-state index is -0.460. The summed E-state index contributed by atoms with van der Waals surface area (Å²) >= 11 is 0. The Morgan fingerprint density at radius 2 is 2.29 bits per heavy atom. The highest BCUT2D eigenvalue weighted by molar-refractivity contribution is 6.03. The Labute approximate surface area is 137 Å². The summed E-state index contributed by atoms with van der Waals surface area (Å²) in [5.74, 6) is -0.0820. The number of benzene rings is 1. The monoisotopic (exact) mass is 331 g/mol. The van der Waals surface area contributed by atoms with E-state index in [1.54, 1.807) is 18.2 Å². The van der Waals surface area contributed by atoms with Crippen LogP contribution in [0.1, 0.15) is 12.8 Å². The molecule has 24 heavy (non-hydrogen) atoms. The first-order valence-corrected chi connectivity index (χ1v) is 7.66. The Balaban J connectivity index is 1.67. The van der Waals surface area contributed by atoms with Crippen molar-refractivity contribution in [2.24, 2.45) is 0 Å². The maximum atomic E-state index is 12.0. The van der Waals surface area contributed by atoms with E-state index in [9.17, 15) is 14.9 Å². The number of hydrogen-bond acceptors (Lipinski definition) is 6. The summed E-state index contributed by atoms with van der Waals surface area (Å²) in [6.07, 6.45) is 3.43. The summed E-state index contributed by atoms with van der Waals surface area (Å²) < 4.78 is 10.8. The number of nitro benzene ring substituents is 1. The van der Waals surface area contributed by atoms with Crippen LogP contribution in [0.4, 0.5) is 11.5 Å². The second-order valence-corrected chi connectivity index (χ2v) is 5.49. The van der Waals surface area contributed by atoms with Gasteiger partial charge >= 0.3 is 0 Å². The van der Waals surface area contributed by atoms with Crippen LogP contribution >= 0.6 is 0 Å². The zero-order chi connectivity index (χ0) is 16.9. The lowest BCUT2D eigenvalue weighted by molar-refractivity contribution is -0.383. The smallest absolute Gasteiger partial charge is 0.277 e.